The molecule has 2 aliphatic rings. The average Bonchev–Trinajstić information content (AvgIpc) is 2.75. The molecule has 0 fully saturated rings. The highest BCUT2D eigenvalue weighted by atomic mass is 35.6. The molecular formula is C20H23ClSi. The molecule has 0 heterocycles. The highest BCUT2D eigenvalue weighted by molar-refractivity contribution is 7.20. The van der Waals surface area contributed by atoms with Crippen LogP contribution in [0.4, 0.5) is 0 Å². The van der Waals surface area contributed by atoms with Crippen LogP contribution in [0.5, 0.6) is 0 Å². The molecule has 0 aromatic heterocycles. The zero-order chi connectivity index (χ0) is 15.7. The van der Waals surface area contributed by atoms with Gasteiger partial charge in [-0.25, -0.2) is 0 Å². The highest BCUT2D eigenvalue weighted by Gasteiger charge is 2.39. The lowest BCUT2D eigenvalue weighted by Crippen LogP contribution is -2.26. The van der Waals surface area contributed by atoms with Crippen LogP contribution in [0.15, 0.2) is 77.4 Å². The van der Waals surface area contributed by atoms with Crippen molar-refractivity contribution < 1.29 is 0 Å². The van der Waals surface area contributed by atoms with Crippen molar-refractivity contribution in [2.75, 3.05) is 0 Å². The summed E-state index contributed by atoms with van der Waals surface area (Å²) in [4.78, 5) is 0. The van der Waals surface area contributed by atoms with Gasteiger partial charge in [-0.3, -0.25) is 0 Å². The average molecular weight is 327 g/mol. The smallest absolute Gasteiger partial charge is 0.161 e. The van der Waals surface area contributed by atoms with E-state index in [4.69, 9.17) is 11.1 Å². The molecule has 0 bridgehead atoms. The fourth-order valence-corrected chi connectivity index (χ4v) is 6.65. The maximum atomic E-state index is 6.89. The van der Waals surface area contributed by atoms with Gasteiger partial charge in [-0.15, -0.1) is 0 Å². The van der Waals surface area contributed by atoms with E-state index in [2.05, 4.69) is 80.7 Å². The summed E-state index contributed by atoms with van der Waals surface area (Å²) in [7, 11) is -1.80. The molecule has 1 aromatic rings. The molecule has 1 aromatic carbocycles. The van der Waals surface area contributed by atoms with E-state index < -0.39 is 7.38 Å². The Labute approximate surface area is 139 Å². The quantitative estimate of drug-likeness (QED) is 0.448. The van der Waals surface area contributed by atoms with Crippen molar-refractivity contribution in [2.45, 2.75) is 37.9 Å². The second kappa shape index (κ2) is 6.06. The lowest BCUT2D eigenvalue weighted by atomic mass is 9.90. The van der Waals surface area contributed by atoms with Crippen molar-refractivity contribution in [2.24, 2.45) is 0 Å². The first-order valence-corrected chi connectivity index (χ1v) is 12.1. The van der Waals surface area contributed by atoms with E-state index in [9.17, 15) is 0 Å². The molecule has 114 valence electrons. The largest absolute Gasteiger partial charge is 0.167 e. The SMILES string of the molecule is CCC1=CC2=C(C=CC=CC2c2ccccc2)C1[Si](C)(C)Cl. The Hall–Kier alpha value is -1.31. The van der Waals surface area contributed by atoms with Crippen molar-refractivity contribution >= 4 is 18.5 Å². The Kier molecular flexibility index (Phi) is 4.29. The molecule has 0 nitrogen and oxygen atoms in total. The van der Waals surface area contributed by atoms with Crippen LogP contribution in [0, 0.1) is 0 Å². The van der Waals surface area contributed by atoms with Gasteiger partial charge in [0.25, 0.3) is 0 Å². The van der Waals surface area contributed by atoms with E-state index in [-0.39, 0.29) is 0 Å². The number of benzene rings is 1. The molecule has 2 aliphatic carbocycles. The third-order valence-corrected chi connectivity index (χ3v) is 7.34. The number of hydrogen-bond donors (Lipinski definition) is 0. The number of allylic oxidation sites excluding steroid dienone is 8. The topological polar surface area (TPSA) is 0 Å². The van der Waals surface area contributed by atoms with Crippen LogP contribution in [0.3, 0.4) is 0 Å². The first-order chi connectivity index (χ1) is 10.5. The minimum absolute atomic E-state index is 0.339. The van der Waals surface area contributed by atoms with Crippen LogP contribution in [0.1, 0.15) is 24.8 Å². The Morgan fingerprint density at radius 1 is 1.05 bits per heavy atom. The summed E-state index contributed by atoms with van der Waals surface area (Å²) < 4.78 is 0. The van der Waals surface area contributed by atoms with E-state index in [1.807, 2.05) is 0 Å². The summed E-state index contributed by atoms with van der Waals surface area (Å²) >= 11 is 6.89. The predicted octanol–water partition coefficient (Wildman–Crippen LogP) is 6.36. The normalized spacial score (nSPS) is 24.3. The van der Waals surface area contributed by atoms with Crippen LogP contribution in [0.2, 0.25) is 18.6 Å². The molecule has 0 N–H and O–H groups in total. The fourth-order valence-electron chi connectivity index (χ4n) is 3.70. The van der Waals surface area contributed by atoms with E-state index in [1.54, 1.807) is 0 Å². The Morgan fingerprint density at radius 2 is 1.77 bits per heavy atom. The molecule has 22 heavy (non-hydrogen) atoms. The summed E-state index contributed by atoms with van der Waals surface area (Å²) in [6, 6.07) is 10.8. The predicted molar refractivity (Wildman–Crippen MR) is 99.9 cm³/mol. The van der Waals surface area contributed by atoms with Crippen LogP contribution in [0.25, 0.3) is 0 Å². The molecule has 0 saturated heterocycles. The first-order valence-electron chi connectivity index (χ1n) is 8.05. The zero-order valence-corrected chi connectivity index (χ0v) is 15.3. The third kappa shape index (κ3) is 2.80. The first kappa shape index (κ1) is 15.6. The molecule has 3 rings (SSSR count). The number of hydrogen-bond acceptors (Lipinski definition) is 0. The Morgan fingerprint density at radius 3 is 2.41 bits per heavy atom. The van der Waals surface area contributed by atoms with Gasteiger partial charge in [0.15, 0.2) is 7.38 Å². The molecule has 0 saturated carbocycles. The van der Waals surface area contributed by atoms with Gasteiger partial charge < -0.3 is 0 Å². The maximum absolute atomic E-state index is 6.89. The fraction of sp³-hybridized carbons (Fsp3) is 0.300. The second-order valence-corrected chi connectivity index (χ2v) is 13.2. The minimum Gasteiger partial charge on any atom is -0.167 e. The van der Waals surface area contributed by atoms with Gasteiger partial charge in [0, 0.05) is 11.5 Å². The molecule has 2 heteroatoms. The standard InChI is InChI=1S/C20H23ClSi/c1-4-15-14-19-17(16-10-6-5-7-11-16)12-8-9-13-18(19)20(15)22(2,3)21/h5-14,17,20H,4H2,1-3H3. The monoisotopic (exact) mass is 326 g/mol. The molecule has 0 radical (unpaired) electrons. The summed E-state index contributed by atoms with van der Waals surface area (Å²) in [5, 5.41) is 0. The van der Waals surface area contributed by atoms with Crippen molar-refractivity contribution in [1.29, 1.82) is 0 Å². The van der Waals surface area contributed by atoms with Crippen LogP contribution >= 0.6 is 11.1 Å². The zero-order valence-electron chi connectivity index (χ0n) is 13.5. The van der Waals surface area contributed by atoms with Crippen molar-refractivity contribution in [3.63, 3.8) is 0 Å². The van der Waals surface area contributed by atoms with E-state index in [1.165, 1.54) is 22.3 Å². The molecule has 2 unspecified atom stereocenters. The van der Waals surface area contributed by atoms with E-state index in [0.29, 0.717) is 11.5 Å². The van der Waals surface area contributed by atoms with Gasteiger partial charge in [-0.05, 0) is 23.1 Å². The van der Waals surface area contributed by atoms with Crippen molar-refractivity contribution in [3.05, 3.63) is 83.0 Å². The summed E-state index contributed by atoms with van der Waals surface area (Å²) in [5.41, 5.74) is 6.20. The van der Waals surface area contributed by atoms with E-state index >= 15 is 0 Å². The van der Waals surface area contributed by atoms with Gasteiger partial charge >= 0.3 is 0 Å². The Balaban J connectivity index is 2.12. The summed E-state index contributed by atoms with van der Waals surface area (Å²) in [6.45, 7) is 6.78. The van der Waals surface area contributed by atoms with Gasteiger partial charge in [-0.1, -0.05) is 86.3 Å². The third-order valence-electron chi connectivity index (χ3n) is 4.63. The summed E-state index contributed by atoms with van der Waals surface area (Å²) in [5.74, 6) is 0.339. The highest BCUT2D eigenvalue weighted by Crippen LogP contribution is 2.51. The Bertz CT molecular complexity index is 671. The maximum Gasteiger partial charge on any atom is 0.161 e. The lowest BCUT2D eigenvalue weighted by molar-refractivity contribution is 0.997. The number of rotatable bonds is 3. The second-order valence-electron chi connectivity index (χ2n) is 6.61. The lowest BCUT2D eigenvalue weighted by Gasteiger charge is -2.27. The molecule has 2 atom stereocenters. The van der Waals surface area contributed by atoms with Crippen molar-refractivity contribution in [1.82, 2.24) is 0 Å². The van der Waals surface area contributed by atoms with Crippen LogP contribution in [-0.4, -0.2) is 7.38 Å². The molecular weight excluding hydrogens is 304 g/mol. The van der Waals surface area contributed by atoms with E-state index in [0.717, 1.165) is 6.42 Å². The van der Waals surface area contributed by atoms with Gasteiger partial charge in [-0.2, -0.15) is 11.1 Å². The molecule has 0 spiro atoms. The molecule has 0 amide bonds. The van der Waals surface area contributed by atoms with Gasteiger partial charge in [0.2, 0.25) is 0 Å². The van der Waals surface area contributed by atoms with Crippen LogP contribution in [-0.2, 0) is 0 Å². The van der Waals surface area contributed by atoms with Crippen molar-refractivity contribution in [3.8, 4) is 0 Å². The van der Waals surface area contributed by atoms with Gasteiger partial charge in [0.05, 0.1) is 0 Å². The number of halogens is 1. The van der Waals surface area contributed by atoms with Gasteiger partial charge in [0.1, 0.15) is 0 Å². The van der Waals surface area contributed by atoms with Crippen LogP contribution < -0.4 is 0 Å². The minimum atomic E-state index is -1.80. The summed E-state index contributed by atoms with van der Waals surface area (Å²) in [6.07, 6.45) is 12.5. The molecule has 0 aliphatic heterocycles.